The van der Waals surface area contributed by atoms with E-state index in [1.54, 1.807) is 0 Å². The molecule has 0 aliphatic heterocycles. The first kappa shape index (κ1) is 13.5. The van der Waals surface area contributed by atoms with Crippen molar-refractivity contribution in [2.24, 2.45) is 0 Å². The molecule has 0 radical (unpaired) electrons. The van der Waals surface area contributed by atoms with Crippen LogP contribution in [0.25, 0.3) is 0 Å². The molecule has 0 atom stereocenters. The van der Waals surface area contributed by atoms with Crippen LogP contribution in [-0.4, -0.2) is 23.9 Å². The number of halogens is 2. The molecule has 90 valence electrons. The molecule has 1 rings (SSSR count). The molecule has 1 aromatic rings. The van der Waals surface area contributed by atoms with E-state index in [2.05, 4.69) is 5.92 Å². The second kappa shape index (κ2) is 6.27. The van der Waals surface area contributed by atoms with Crippen LogP contribution in [0, 0.1) is 18.2 Å². The van der Waals surface area contributed by atoms with E-state index in [9.17, 15) is 9.18 Å². The molecule has 0 aliphatic rings. The summed E-state index contributed by atoms with van der Waals surface area (Å²) in [5, 5.41) is -0.157. The van der Waals surface area contributed by atoms with Crippen molar-refractivity contribution in [3.05, 3.63) is 34.6 Å². The zero-order valence-corrected chi connectivity index (χ0v) is 10.3. The summed E-state index contributed by atoms with van der Waals surface area (Å²) in [7, 11) is 0. The summed E-state index contributed by atoms with van der Waals surface area (Å²) in [5.41, 5.74) is 0.148. The molecule has 0 saturated heterocycles. The third-order valence-corrected chi connectivity index (χ3v) is 2.63. The SMILES string of the molecule is C#CCN(CCC)C(=O)c1cccc(F)c1Cl. The van der Waals surface area contributed by atoms with Gasteiger partial charge in [0.05, 0.1) is 17.1 Å². The first-order valence-corrected chi connectivity index (χ1v) is 5.66. The maximum Gasteiger partial charge on any atom is 0.256 e. The van der Waals surface area contributed by atoms with Crippen molar-refractivity contribution in [2.45, 2.75) is 13.3 Å². The minimum absolute atomic E-state index is 0.148. The molecule has 0 saturated carbocycles. The van der Waals surface area contributed by atoms with Gasteiger partial charge >= 0.3 is 0 Å². The molecule has 0 aromatic heterocycles. The highest BCUT2D eigenvalue weighted by Gasteiger charge is 2.18. The van der Waals surface area contributed by atoms with Crippen LogP contribution < -0.4 is 0 Å². The summed E-state index contributed by atoms with van der Waals surface area (Å²) in [6.07, 6.45) is 5.97. The predicted molar refractivity (Wildman–Crippen MR) is 66.4 cm³/mol. The van der Waals surface area contributed by atoms with Crippen molar-refractivity contribution < 1.29 is 9.18 Å². The van der Waals surface area contributed by atoms with Crippen LogP contribution in [0.4, 0.5) is 4.39 Å². The maximum atomic E-state index is 13.2. The molecule has 0 N–H and O–H groups in total. The third-order valence-electron chi connectivity index (χ3n) is 2.24. The Labute approximate surface area is 105 Å². The number of nitrogens with zero attached hydrogens (tertiary/aromatic N) is 1. The highest BCUT2D eigenvalue weighted by atomic mass is 35.5. The van der Waals surface area contributed by atoms with Crippen molar-refractivity contribution in [3.63, 3.8) is 0 Å². The van der Waals surface area contributed by atoms with E-state index in [4.69, 9.17) is 18.0 Å². The average molecular weight is 254 g/mol. The summed E-state index contributed by atoms with van der Waals surface area (Å²) < 4.78 is 13.2. The minimum atomic E-state index is -0.602. The summed E-state index contributed by atoms with van der Waals surface area (Å²) in [6, 6.07) is 4.16. The minimum Gasteiger partial charge on any atom is -0.327 e. The van der Waals surface area contributed by atoms with E-state index in [0.717, 1.165) is 6.42 Å². The lowest BCUT2D eigenvalue weighted by Crippen LogP contribution is -2.32. The van der Waals surface area contributed by atoms with Crippen LogP contribution in [0.5, 0.6) is 0 Å². The number of hydrogen-bond acceptors (Lipinski definition) is 1. The number of benzene rings is 1. The van der Waals surface area contributed by atoms with Crippen LogP contribution >= 0.6 is 11.6 Å². The molecule has 1 amide bonds. The van der Waals surface area contributed by atoms with E-state index in [0.29, 0.717) is 6.54 Å². The van der Waals surface area contributed by atoms with Gasteiger partial charge in [-0.1, -0.05) is 30.5 Å². The van der Waals surface area contributed by atoms with Gasteiger partial charge in [0.1, 0.15) is 5.82 Å². The summed E-state index contributed by atoms with van der Waals surface area (Å²) in [6.45, 7) is 2.65. The van der Waals surface area contributed by atoms with Crippen molar-refractivity contribution in [2.75, 3.05) is 13.1 Å². The molecular weight excluding hydrogens is 241 g/mol. The highest BCUT2D eigenvalue weighted by Crippen LogP contribution is 2.21. The standard InChI is InChI=1S/C13H13ClFNO/c1-3-8-16(9-4-2)13(17)10-6-5-7-11(15)12(10)14/h1,5-7H,4,8-9H2,2H3. The van der Waals surface area contributed by atoms with Gasteiger partial charge in [0.15, 0.2) is 0 Å². The van der Waals surface area contributed by atoms with Gasteiger partial charge in [-0.25, -0.2) is 4.39 Å². The molecule has 0 bridgehead atoms. The zero-order chi connectivity index (χ0) is 12.8. The van der Waals surface area contributed by atoms with Gasteiger partial charge in [-0.15, -0.1) is 6.42 Å². The fraction of sp³-hybridized carbons (Fsp3) is 0.308. The number of amides is 1. The summed E-state index contributed by atoms with van der Waals surface area (Å²) >= 11 is 5.76. The number of rotatable bonds is 4. The van der Waals surface area contributed by atoms with Gasteiger partial charge in [-0.3, -0.25) is 4.79 Å². The van der Waals surface area contributed by atoms with E-state index in [1.807, 2.05) is 6.92 Å². The van der Waals surface area contributed by atoms with Crippen LogP contribution in [-0.2, 0) is 0 Å². The molecular formula is C13H13ClFNO. The van der Waals surface area contributed by atoms with E-state index >= 15 is 0 Å². The van der Waals surface area contributed by atoms with Gasteiger partial charge in [0.2, 0.25) is 0 Å². The second-order valence-corrected chi connectivity index (χ2v) is 3.91. The summed E-state index contributed by atoms with van der Waals surface area (Å²) in [5.74, 6) is 1.46. The molecule has 0 unspecified atom stereocenters. The van der Waals surface area contributed by atoms with Crippen molar-refractivity contribution >= 4 is 17.5 Å². The lowest BCUT2D eigenvalue weighted by atomic mass is 10.2. The average Bonchev–Trinajstić information content (AvgIpc) is 2.31. The van der Waals surface area contributed by atoms with Gasteiger partial charge in [-0.2, -0.15) is 0 Å². The van der Waals surface area contributed by atoms with Crippen LogP contribution in [0.3, 0.4) is 0 Å². The Bertz CT molecular complexity index is 453. The molecule has 0 spiro atoms. The maximum absolute atomic E-state index is 13.2. The highest BCUT2D eigenvalue weighted by molar-refractivity contribution is 6.34. The predicted octanol–water partition coefficient (Wildman–Crippen LogP) is 2.96. The van der Waals surface area contributed by atoms with E-state index < -0.39 is 5.82 Å². The van der Waals surface area contributed by atoms with Crippen molar-refractivity contribution in [3.8, 4) is 12.3 Å². The number of hydrogen-bond donors (Lipinski definition) is 0. The topological polar surface area (TPSA) is 20.3 Å². The van der Waals surface area contributed by atoms with E-state index in [1.165, 1.54) is 23.1 Å². The Morgan fingerprint density at radius 1 is 1.59 bits per heavy atom. The molecule has 1 aromatic carbocycles. The lowest BCUT2D eigenvalue weighted by molar-refractivity contribution is 0.0776. The zero-order valence-electron chi connectivity index (χ0n) is 9.54. The van der Waals surface area contributed by atoms with Gasteiger partial charge in [0, 0.05) is 6.54 Å². The lowest BCUT2D eigenvalue weighted by Gasteiger charge is -2.20. The monoisotopic (exact) mass is 253 g/mol. The molecule has 2 nitrogen and oxygen atoms in total. The molecule has 0 aliphatic carbocycles. The fourth-order valence-corrected chi connectivity index (χ4v) is 1.68. The van der Waals surface area contributed by atoms with Gasteiger partial charge in [0.25, 0.3) is 5.91 Å². The normalized spacial score (nSPS) is 9.76. The first-order valence-electron chi connectivity index (χ1n) is 5.28. The van der Waals surface area contributed by atoms with Crippen molar-refractivity contribution in [1.29, 1.82) is 0 Å². The third kappa shape index (κ3) is 3.21. The Kier molecular flexibility index (Phi) is 4.99. The quantitative estimate of drug-likeness (QED) is 0.756. The van der Waals surface area contributed by atoms with Crippen molar-refractivity contribution in [1.82, 2.24) is 4.90 Å². The molecule has 0 fully saturated rings. The molecule has 17 heavy (non-hydrogen) atoms. The Morgan fingerprint density at radius 2 is 2.29 bits per heavy atom. The Morgan fingerprint density at radius 3 is 2.88 bits per heavy atom. The van der Waals surface area contributed by atoms with Gasteiger partial charge < -0.3 is 4.90 Å². The first-order chi connectivity index (χ1) is 8.11. The largest absolute Gasteiger partial charge is 0.327 e. The smallest absolute Gasteiger partial charge is 0.256 e. The molecule has 0 heterocycles. The van der Waals surface area contributed by atoms with Crippen LogP contribution in [0.2, 0.25) is 5.02 Å². The number of terminal acetylenes is 1. The number of carbonyl (C=O) groups is 1. The Balaban J connectivity index is 3.01. The fourth-order valence-electron chi connectivity index (χ4n) is 1.47. The van der Waals surface area contributed by atoms with E-state index in [-0.39, 0.29) is 23.0 Å². The second-order valence-electron chi connectivity index (χ2n) is 3.53. The van der Waals surface area contributed by atoms with Crippen LogP contribution in [0.15, 0.2) is 18.2 Å². The molecule has 4 heteroatoms. The Hall–Kier alpha value is -1.53. The van der Waals surface area contributed by atoms with Gasteiger partial charge in [-0.05, 0) is 18.6 Å². The van der Waals surface area contributed by atoms with Crippen LogP contribution in [0.1, 0.15) is 23.7 Å². The summed E-state index contributed by atoms with van der Waals surface area (Å²) in [4.78, 5) is 13.5. The number of carbonyl (C=O) groups excluding carboxylic acids is 1.